The number of unbranched alkanes of at least 4 members (excludes halogenated alkanes) is 2. The van der Waals surface area contributed by atoms with E-state index < -0.39 is 5.97 Å². The third-order valence-corrected chi connectivity index (χ3v) is 10.2. The monoisotopic (exact) mass is 713 g/mol. The molecule has 2 rings (SSSR count). The maximum Gasteiger partial charge on any atom is 0.330 e. The van der Waals surface area contributed by atoms with Crippen LogP contribution in [0.3, 0.4) is 0 Å². The van der Waals surface area contributed by atoms with Crippen molar-refractivity contribution in [2.24, 2.45) is 16.7 Å². The second-order valence-corrected chi connectivity index (χ2v) is 16.3. The second kappa shape index (κ2) is 21.9. The summed E-state index contributed by atoms with van der Waals surface area (Å²) in [7, 11) is 0. The summed E-state index contributed by atoms with van der Waals surface area (Å²) in [5, 5.41) is 20.4. The van der Waals surface area contributed by atoms with Gasteiger partial charge in [0.15, 0.2) is 5.78 Å². The molecule has 0 aromatic heterocycles. The van der Waals surface area contributed by atoms with E-state index >= 15 is 0 Å². The quantitative estimate of drug-likeness (QED) is 0.0486. The molecule has 0 aromatic rings. The number of ether oxygens (including phenoxy) is 1. The lowest BCUT2D eigenvalue weighted by atomic mass is 9.67. The topological polar surface area (TPSA) is 83.8 Å². The van der Waals surface area contributed by atoms with Gasteiger partial charge in [-0.05, 0) is 84.0 Å². The predicted molar refractivity (Wildman–Crippen MR) is 219 cm³/mol. The normalized spacial score (nSPS) is 23.4. The van der Waals surface area contributed by atoms with E-state index in [1.165, 1.54) is 22.8 Å². The molecule has 0 aromatic carbocycles. The summed E-state index contributed by atoms with van der Waals surface area (Å²) in [6.45, 7) is 21.0. The molecule has 0 radical (unpaired) electrons. The molecule has 2 aliphatic rings. The minimum absolute atomic E-state index is 0.0273. The molecule has 2 aliphatic carbocycles. The number of esters is 1. The van der Waals surface area contributed by atoms with E-state index in [-0.39, 0.29) is 41.8 Å². The van der Waals surface area contributed by atoms with E-state index in [0.717, 1.165) is 48.8 Å². The molecule has 0 fully saturated rings. The number of hydrogen-bond acceptors (Lipinski definition) is 5. The minimum Gasteiger partial charge on any atom is -0.458 e. The molecule has 0 spiro atoms. The van der Waals surface area contributed by atoms with Crippen molar-refractivity contribution in [2.45, 2.75) is 139 Å². The van der Waals surface area contributed by atoms with Crippen molar-refractivity contribution in [1.82, 2.24) is 0 Å². The van der Waals surface area contributed by atoms with E-state index in [1.54, 1.807) is 0 Å². The van der Waals surface area contributed by atoms with Gasteiger partial charge < -0.3 is 14.9 Å². The molecule has 5 heteroatoms. The number of allylic oxidation sites excluding steroid dienone is 16. The lowest BCUT2D eigenvalue weighted by Gasteiger charge is -2.38. The van der Waals surface area contributed by atoms with Crippen LogP contribution in [-0.2, 0) is 14.3 Å². The third-order valence-electron chi connectivity index (χ3n) is 10.2. The Morgan fingerprint density at radius 1 is 0.904 bits per heavy atom. The van der Waals surface area contributed by atoms with Crippen LogP contribution in [0.4, 0.5) is 0 Å². The van der Waals surface area contributed by atoms with Gasteiger partial charge in [0.2, 0.25) is 0 Å². The van der Waals surface area contributed by atoms with Gasteiger partial charge in [-0.2, -0.15) is 0 Å². The van der Waals surface area contributed by atoms with Crippen molar-refractivity contribution in [3.8, 4) is 0 Å². The summed E-state index contributed by atoms with van der Waals surface area (Å²) in [6.07, 6.45) is 32.0. The molecule has 0 heterocycles. The Bertz CT molecular complexity index is 1530. The molecule has 0 aliphatic heterocycles. The summed E-state index contributed by atoms with van der Waals surface area (Å²) in [5.74, 6) is -0.140. The van der Waals surface area contributed by atoms with E-state index in [1.807, 2.05) is 37.3 Å². The fraction of sp³-hybridized carbons (Fsp3) is 0.532. The Labute approximate surface area is 316 Å². The fourth-order valence-corrected chi connectivity index (χ4v) is 7.31. The summed E-state index contributed by atoms with van der Waals surface area (Å²) >= 11 is 0. The first kappa shape index (κ1) is 44.6. The Balaban J connectivity index is 2.02. The molecular formula is C47H68O5. The first-order valence-electron chi connectivity index (χ1n) is 19.3. The van der Waals surface area contributed by atoms with Gasteiger partial charge in [-0.1, -0.05) is 154 Å². The molecule has 0 amide bonds. The number of ketones is 1. The highest BCUT2D eigenvalue weighted by Crippen LogP contribution is 2.43. The first-order valence-corrected chi connectivity index (χ1v) is 19.3. The summed E-state index contributed by atoms with van der Waals surface area (Å²) in [6, 6.07) is 0. The molecule has 0 saturated heterocycles. The zero-order chi connectivity index (χ0) is 38.9. The number of hydrogen-bond donors (Lipinski definition) is 2. The average molecular weight is 713 g/mol. The van der Waals surface area contributed by atoms with Crippen LogP contribution >= 0.6 is 0 Å². The second-order valence-electron chi connectivity index (χ2n) is 16.3. The summed E-state index contributed by atoms with van der Waals surface area (Å²) < 4.78 is 5.52. The van der Waals surface area contributed by atoms with E-state index in [9.17, 15) is 19.8 Å². The molecule has 5 nitrogen and oxygen atoms in total. The van der Waals surface area contributed by atoms with Crippen LogP contribution in [-0.4, -0.2) is 40.8 Å². The Morgan fingerprint density at radius 3 is 2.25 bits per heavy atom. The zero-order valence-corrected chi connectivity index (χ0v) is 33.9. The highest BCUT2D eigenvalue weighted by molar-refractivity contribution is 5.97. The van der Waals surface area contributed by atoms with E-state index in [0.29, 0.717) is 30.8 Å². The van der Waals surface area contributed by atoms with Crippen LogP contribution in [0.15, 0.2) is 118 Å². The Hall–Kier alpha value is -3.54. The molecule has 286 valence electrons. The highest BCUT2D eigenvalue weighted by atomic mass is 16.5. The molecule has 2 N–H and O–H groups in total. The fourth-order valence-electron chi connectivity index (χ4n) is 7.31. The predicted octanol–water partition coefficient (Wildman–Crippen LogP) is 11.3. The standard InChI is InChI=1S/C47H68O5/c1-11-12-13-14-25-45(51)52-33-39(44(50)30-43-38(6)29-41(49)32-47(43,9)10)24-18-23-35(3)20-16-15-19-34(2)21-17-22-36(4)26-27-42-37(5)28-40(48)31-46(42,7)8/h14-17,19-22,24-28,40-42,48-49H,11-13,18,23,29-33H2,1-10H3/b16-15+,21-17+,25-14+,27-26+,34-19+,35-20+,36-22+,39-24+/t40-,41+,42-/m0/s1. The van der Waals surface area contributed by atoms with E-state index in [2.05, 4.69) is 105 Å². The minimum atomic E-state index is -0.428. The lowest BCUT2D eigenvalue weighted by molar-refractivity contribution is -0.137. The highest BCUT2D eigenvalue weighted by Gasteiger charge is 2.35. The van der Waals surface area contributed by atoms with Gasteiger partial charge in [0.05, 0.1) is 12.2 Å². The Kier molecular flexibility index (Phi) is 18.8. The Morgan fingerprint density at radius 2 is 1.58 bits per heavy atom. The lowest BCUT2D eigenvalue weighted by Crippen LogP contribution is -2.32. The van der Waals surface area contributed by atoms with Crippen LogP contribution in [0.5, 0.6) is 0 Å². The molecule has 0 unspecified atom stereocenters. The van der Waals surface area contributed by atoms with Crippen LogP contribution in [0.1, 0.15) is 127 Å². The number of carbonyl (C=O) groups is 2. The van der Waals surface area contributed by atoms with E-state index in [4.69, 9.17) is 4.74 Å². The largest absolute Gasteiger partial charge is 0.458 e. The number of rotatable bonds is 18. The van der Waals surface area contributed by atoms with Crippen molar-refractivity contribution < 1.29 is 24.5 Å². The molecular weight excluding hydrogens is 645 g/mol. The van der Waals surface area contributed by atoms with Gasteiger partial charge in [-0.3, -0.25) is 4.79 Å². The summed E-state index contributed by atoms with van der Waals surface area (Å²) in [5.41, 5.74) is 7.16. The van der Waals surface area contributed by atoms with Crippen molar-refractivity contribution in [3.63, 3.8) is 0 Å². The summed E-state index contributed by atoms with van der Waals surface area (Å²) in [4.78, 5) is 26.0. The van der Waals surface area contributed by atoms with Crippen molar-refractivity contribution >= 4 is 11.8 Å². The van der Waals surface area contributed by atoms with Crippen LogP contribution in [0, 0.1) is 16.7 Å². The van der Waals surface area contributed by atoms with Gasteiger partial charge >= 0.3 is 5.97 Å². The first-order chi connectivity index (χ1) is 24.4. The number of aliphatic hydroxyl groups is 2. The van der Waals surface area contributed by atoms with Gasteiger partial charge in [0, 0.05) is 24.0 Å². The zero-order valence-electron chi connectivity index (χ0n) is 33.9. The number of aliphatic hydroxyl groups excluding tert-OH is 2. The van der Waals surface area contributed by atoms with Gasteiger partial charge in [-0.25, -0.2) is 4.79 Å². The maximum absolute atomic E-state index is 13.6. The van der Waals surface area contributed by atoms with Gasteiger partial charge in [0.1, 0.15) is 6.61 Å². The molecule has 3 atom stereocenters. The maximum atomic E-state index is 13.6. The SMILES string of the molecule is CCCC/C=C/C(=O)OC/C(=C\CC/C(C)=C/C=C/C=C(C)/C=C/C=C(C)/C=C/[C@H]1C(C)=C[C@H](O)CC1(C)C)C(=O)CC1=C(C)C[C@@H](O)CC1(C)C. The van der Waals surface area contributed by atoms with Crippen molar-refractivity contribution in [3.05, 3.63) is 118 Å². The molecule has 52 heavy (non-hydrogen) atoms. The van der Waals surface area contributed by atoms with Gasteiger partial charge in [-0.15, -0.1) is 0 Å². The smallest absolute Gasteiger partial charge is 0.330 e. The van der Waals surface area contributed by atoms with Crippen LogP contribution < -0.4 is 0 Å². The van der Waals surface area contributed by atoms with Crippen LogP contribution in [0.2, 0.25) is 0 Å². The van der Waals surface area contributed by atoms with Gasteiger partial charge in [0.25, 0.3) is 0 Å². The number of carbonyl (C=O) groups excluding carboxylic acids is 2. The van der Waals surface area contributed by atoms with Crippen molar-refractivity contribution in [1.29, 1.82) is 0 Å². The average Bonchev–Trinajstić information content (AvgIpc) is 3.03. The van der Waals surface area contributed by atoms with Crippen LogP contribution in [0.25, 0.3) is 0 Å². The number of Topliss-reactive ketones (excluding diaryl/α,β-unsaturated/α-hetero) is 1. The van der Waals surface area contributed by atoms with Crippen molar-refractivity contribution in [2.75, 3.05) is 6.61 Å². The molecule has 0 bridgehead atoms. The molecule has 0 saturated carbocycles. The third kappa shape index (κ3) is 16.0.